The van der Waals surface area contributed by atoms with E-state index in [9.17, 15) is 8.42 Å². The Labute approximate surface area is 239 Å². The largest absolute Gasteiger partial charge is 0.495 e. The summed E-state index contributed by atoms with van der Waals surface area (Å²) >= 11 is 6.59. The van der Waals surface area contributed by atoms with Crippen LogP contribution in [0.2, 0.25) is 23.2 Å². The highest BCUT2D eigenvalue weighted by molar-refractivity contribution is 7.93. The highest BCUT2D eigenvalue weighted by Gasteiger charge is 2.42. The average molecular weight is 605 g/mol. The molecular weight excluding hydrogens is 572 g/mol. The van der Waals surface area contributed by atoms with Gasteiger partial charge >= 0.3 is 0 Å². The van der Waals surface area contributed by atoms with Gasteiger partial charge in [-0.15, -0.1) is 0 Å². The number of hydrogen-bond acceptors (Lipinski definition) is 8. The number of fused-ring (bicyclic) bond motifs is 2. The van der Waals surface area contributed by atoms with E-state index < -0.39 is 18.3 Å². The number of ether oxygens (including phenoxy) is 2. The maximum absolute atomic E-state index is 13.9. The van der Waals surface area contributed by atoms with Gasteiger partial charge in [-0.2, -0.15) is 5.10 Å². The molecule has 2 aromatic heterocycles. The Hall–Kier alpha value is -3.06. The van der Waals surface area contributed by atoms with E-state index in [4.69, 9.17) is 30.0 Å². The molecule has 10 nitrogen and oxygen atoms in total. The van der Waals surface area contributed by atoms with Crippen molar-refractivity contribution >= 4 is 46.7 Å². The standard InChI is InChI=1S/C27H33ClN4O6SSi/c1-27(2,3)40(5,6)38-20-10-13-36-24-18(20)8-9-21(35-4)25(24)39(33,34)31-26-23-19(28)14-17(15-22(23)37-30-26)16-32-12-7-11-29-32/h7-9,11-12,14-15,20H,10,13,16H2,1-6H3,(H,30,31). The minimum atomic E-state index is -4.26. The molecule has 1 aliphatic rings. The summed E-state index contributed by atoms with van der Waals surface area (Å²) in [6, 6.07) is 8.75. The van der Waals surface area contributed by atoms with Crippen molar-refractivity contribution in [3.63, 3.8) is 0 Å². The van der Waals surface area contributed by atoms with Crippen LogP contribution in [0.15, 0.2) is 52.1 Å². The third kappa shape index (κ3) is 5.32. The van der Waals surface area contributed by atoms with Gasteiger partial charge in [-0.05, 0) is 54.0 Å². The summed E-state index contributed by atoms with van der Waals surface area (Å²) in [5, 5.41) is 8.82. The van der Waals surface area contributed by atoms with Crippen molar-refractivity contribution < 1.29 is 26.8 Å². The number of hydrogen-bond donors (Lipinski definition) is 1. The lowest BCUT2D eigenvalue weighted by molar-refractivity contribution is 0.119. The molecule has 13 heteroatoms. The second kappa shape index (κ2) is 10.4. The van der Waals surface area contributed by atoms with Crippen molar-refractivity contribution in [2.75, 3.05) is 18.4 Å². The topological polar surface area (TPSA) is 118 Å². The third-order valence-electron chi connectivity index (χ3n) is 7.53. The Morgan fingerprint density at radius 2 is 2.02 bits per heavy atom. The average Bonchev–Trinajstić information content (AvgIpc) is 3.52. The van der Waals surface area contributed by atoms with Crippen LogP contribution < -0.4 is 14.2 Å². The van der Waals surface area contributed by atoms with E-state index in [1.807, 2.05) is 18.3 Å². The molecule has 1 N–H and O–H groups in total. The molecular formula is C27H33ClN4O6SSi. The number of benzene rings is 2. The number of rotatable bonds is 8. The first-order chi connectivity index (χ1) is 18.8. The van der Waals surface area contributed by atoms with Crippen molar-refractivity contribution in [1.29, 1.82) is 0 Å². The highest BCUT2D eigenvalue weighted by atomic mass is 35.5. The van der Waals surface area contributed by atoms with E-state index in [-0.39, 0.29) is 33.4 Å². The third-order valence-corrected chi connectivity index (χ3v) is 13.7. The first kappa shape index (κ1) is 28.5. The quantitative estimate of drug-likeness (QED) is 0.230. The zero-order valence-corrected chi connectivity index (χ0v) is 25.9. The normalized spacial score (nSPS) is 16.0. The van der Waals surface area contributed by atoms with Gasteiger partial charge in [0.2, 0.25) is 0 Å². The predicted molar refractivity (Wildman–Crippen MR) is 155 cm³/mol. The fourth-order valence-electron chi connectivity index (χ4n) is 4.45. The van der Waals surface area contributed by atoms with Crippen molar-refractivity contribution in [1.82, 2.24) is 14.9 Å². The van der Waals surface area contributed by atoms with Crippen LogP contribution in [0.3, 0.4) is 0 Å². The fraction of sp³-hybridized carbons (Fsp3) is 0.407. The molecule has 5 rings (SSSR count). The lowest BCUT2D eigenvalue weighted by Crippen LogP contribution is -2.42. The Morgan fingerprint density at radius 3 is 2.70 bits per heavy atom. The molecule has 1 atom stereocenters. The summed E-state index contributed by atoms with van der Waals surface area (Å²) < 4.78 is 55.7. The van der Waals surface area contributed by atoms with Gasteiger partial charge in [0, 0.05) is 24.4 Å². The molecule has 0 bridgehead atoms. The van der Waals surface area contributed by atoms with Crippen molar-refractivity contribution in [2.45, 2.75) is 62.9 Å². The smallest absolute Gasteiger partial charge is 0.270 e. The Balaban J connectivity index is 1.51. The van der Waals surface area contributed by atoms with E-state index in [2.05, 4.69) is 48.8 Å². The van der Waals surface area contributed by atoms with Crippen LogP contribution in [0.1, 0.15) is 44.4 Å². The molecule has 0 amide bonds. The minimum absolute atomic E-state index is 0.0140. The summed E-state index contributed by atoms with van der Waals surface area (Å²) in [5.74, 6) is 0.317. The maximum Gasteiger partial charge on any atom is 0.270 e. The number of nitrogens with zero attached hydrogens (tertiary/aromatic N) is 3. The zero-order valence-electron chi connectivity index (χ0n) is 23.3. The van der Waals surface area contributed by atoms with Crippen LogP contribution >= 0.6 is 11.6 Å². The number of sulfonamides is 1. The Morgan fingerprint density at radius 1 is 1.25 bits per heavy atom. The van der Waals surface area contributed by atoms with E-state index in [0.717, 1.165) is 5.56 Å². The van der Waals surface area contributed by atoms with Gasteiger partial charge in [0.15, 0.2) is 24.6 Å². The predicted octanol–water partition coefficient (Wildman–Crippen LogP) is 6.38. The van der Waals surface area contributed by atoms with Gasteiger partial charge in [-0.3, -0.25) is 9.40 Å². The molecule has 2 aromatic carbocycles. The highest BCUT2D eigenvalue weighted by Crippen LogP contribution is 2.47. The SMILES string of the molecule is COc1ccc2c(c1S(=O)(=O)Nc1noc3cc(Cn4cccn4)cc(Cl)c13)OCCC2O[Si](C)(C)C(C)(C)C. The number of methoxy groups -OCH3 is 1. The summed E-state index contributed by atoms with van der Waals surface area (Å²) in [5.41, 5.74) is 1.84. The second-order valence-electron chi connectivity index (χ2n) is 11.3. The molecule has 1 unspecified atom stereocenters. The first-order valence-corrected chi connectivity index (χ1v) is 17.7. The summed E-state index contributed by atoms with van der Waals surface area (Å²) in [6.07, 6.45) is 3.82. The van der Waals surface area contributed by atoms with Gasteiger partial charge in [-0.25, -0.2) is 8.42 Å². The molecule has 40 heavy (non-hydrogen) atoms. The Bertz CT molecular complexity index is 1650. The molecule has 4 aromatic rings. The van der Waals surface area contributed by atoms with Crippen LogP contribution in [0.25, 0.3) is 11.0 Å². The van der Waals surface area contributed by atoms with E-state index >= 15 is 0 Å². The number of nitrogens with one attached hydrogen (secondary N) is 1. The molecule has 0 radical (unpaired) electrons. The molecule has 0 spiro atoms. The van der Waals surface area contributed by atoms with Crippen LogP contribution in [0.4, 0.5) is 5.82 Å². The van der Waals surface area contributed by atoms with E-state index in [1.165, 1.54) is 7.11 Å². The molecule has 214 valence electrons. The second-order valence-corrected chi connectivity index (χ2v) is 18.1. The van der Waals surface area contributed by atoms with Gasteiger partial charge in [0.05, 0.1) is 36.8 Å². The Kier molecular flexibility index (Phi) is 7.40. The van der Waals surface area contributed by atoms with Gasteiger partial charge < -0.3 is 18.4 Å². The van der Waals surface area contributed by atoms with E-state index in [0.29, 0.717) is 41.1 Å². The van der Waals surface area contributed by atoms with Crippen LogP contribution in [-0.2, 0) is 21.0 Å². The van der Waals surface area contributed by atoms with Crippen molar-refractivity contribution in [3.8, 4) is 11.5 Å². The molecule has 0 fully saturated rings. The molecule has 0 saturated carbocycles. The van der Waals surface area contributed by atoms with Crippen LogP contribution in [0.5, 0.6) is 11.5 Å². The molecule has 0 saturated heterocycles. The van der Waals surface area contributed by atoms with E-state index in [1.54, 1.807) is 29.1 Å². The molecule has 3 heterocycles. The lowest BCUT2D eigenvalue weighted by atomic mass is 10.0. The number of aromatic nitrogens is 3. The van der Waals surface area contributed by atoms with Crippen LogP contribution in [0, 0.1) is 0 Å². The lowest BCUT2D eigenvalue weighted by Gasteiger charge is -2.41. The van der Waals surface area contributed by atoms with Crippen LogP contribution in [-0.4, -0.2) is 45.4 Å². The first-order valence-electron chi connectivity index (χ1n) is 12.9. The van der Waals surface area contributed by atoms with Crippen molar-refractivity contribution in [3.05, 3.63) is 58.9 Å². The van der Waals surface area contributed by atoms with Gasteiger partial charge in [-0.1, -0.05) is 37.5 Å². The monoisotopic (exact) mass is 604 g/mol. The zero-order chi connectivity index (χ0) is 28.9. The summed E-state index contributed by atoms with van der Waals surface area (Å²) in [7, 11) is -5.00. The molecule has 0 aliphatic carbocycles. The maximum atomic E-state index is 13.9. The number of halogens is 1. The van der Waals surface area contributed by atoms with Crippen molar-refractivity contribution in [2.24, 2.45) is 0 Å². The molecule has 1 aliphatic heterocycles. The van der Waals surface area contributed by atoms with Gasteiger partial charge in [0.1, 0.15) is 11.5 Å². The number of anilines is 1. The minimum Gasteiger partial charge on any atom is -0.495 e. The van der Waals surface area contributed by atoms with Gasteiger partial charge in [0.25, 0.3) is 10.0 Å². The summed E-state index contributed by atoms with van der Waals surface area (Å²) in [4.78, 5) is -0.126. The fourth-order valence-corrected chi connectivity index (χ4v) is 7.42. The summed E-state index contributed by atoms with van der Waals surface area (Å²) in [6.45, 7) is 11.6.